The van der Waals surface area contributed by atoms with Crippen molar-refractivity contribution in [3.63, 3.8) is 0 Å². The van der Waals surface area contributed by atoms with Crippen LogP contribution in [0.2, 0.25) is 0 Å². The van der Waals surface area contributed by atoms with Crippen LogP contribution in [0, 0.1) is 0 Å². The van der Waals surface area contributed by atoms with Crippen LogP contribution in [0.1, 0.15) is 30.6 Å². The molecule has 0 spiro atoms. The molecule has 0 saturated carbocycles. The zero-order valence-corrected chi connectivity index (χ0v) is 17.4. The quantitative estimate of drug-likeness (QED) is 0.597. The van der Waals surface area contributed by atoms with Crippen LogP contribution in [0.3, 0.4) is 0 Å². The number of hydrogen-bond donors (Lipinski definition) is 3. The van der Waals surface area contributed by atoms with E-state index >= 15 is 0 Å². The Morgan fingerprint density at radius 3 is 2.18 bits per heavy atom. The second-order valence-electron chi connectivity index (χ2n) is 6.14. The van der Waals surface area contributed by atoms with Gasteiger partial charge in [-0.3, -0.25) is 4.79 Å². The van der Waals surface area contributed by atoms with Crippen LogP contribution < -0.4 is 14.8 Å². The molecule has 1 amide bonds. The minimum absolute atomic E-state index is 0.00379. The van der Waals surface area contributed by atoms with Crippen LogP contribution in [0.5, 0.6) is 0 Å². The monoisotopic (exact) mass is 425 g/mol. The highest BCUT2D eigenvalue weighted by atomic mass is 32.2. The smallest absolute Gasteiger partial charge is 0.255 e. The SMILES string of the molecule is CC[C@@H](C)NS(=O)(=O)c1cccc(C(=O)Nc2ccc(S(=O)(=O)NC)cc2)c1. The fourth-order valence-corrected chi connectivity index (χ4v) is 4.36. The van der Waals surface area contributed by atoms with Gasteiger partial charge in [0.2, 0.25) is 20.0 Å². The first-order chi connectivity index (χ1) is 13.1. The molecule has 2 rings (SSSR count). The fourth-order valence-electron chi connectivity index (χ4n) is 2.26. The van der Waals surface area contributed by atoms with Crippen LogP contribution in [-0.2, 0) is 20.0 Å². The molecule has 0 bridgehead atoms. The van der Waals surface area contributed by atoms with E-state index in [1.54, 1.807) is 6.92 Å². The van der Waals surface area contributed by atoms with E-state index in [2.05, 4.69) is 14.8 Å². The van der Waals surface area contributed by atoms with Crippen molar-refractivity contribution in [3.8, 4) is 0 Å². The molecule has 0 radical (unpaired) electrons. The second-order valence-corrected chi connectivity index (χ2v) is 9.74. The third-order valence-electron chi connectivity index (χ3n) is 4.07. The highest BCUT2D eigenvalue weighted by molar-refractivity contribution is 7.89. The molecule has 3 N–H and O–H groups in total. The number of carbonyl (C=O) groups excluding carboxylic acids is 1. The average Bonchev–Trinajstić information content (AvgIpc) is 2.68. The molecule has 0 fully saturated rings. The van der Waals surface area contributed by atoms with Gasteiger partial charge in [0.15, 0.2) is 0 Å². The molecular formula is C18H23N3O5S2. The third kappa shape index (κ3) is 5.38. The van der Waals surface area contributed by atoms with E-state index in [4.69, 9.17) is 0 Å². The van der Waals surface area contributed by atoms with Gasteiger partial charge >= 0.3 is 0 Å². The van der Waals surface area contributed by atoms with E-state index in [0.29, 0.717) is 12.1 Å². The number of rotatable bonds is 8. The molecule has 0 aromatic heterocycles. The minimum Gasteiger partial charge on any atom is -0.322 e. The Balaban J connectivity index is 2.19. The summed E-state index contributed by atoms with van der Waals surface area (Å²) in [6, 6.07) is 11.1. The Bertz CT molecular complexity index is 1050. The van der Waals surface area contributed by atoms with Crippen molar-refractivity contribution in [1.82, 2.24) is 9.44 Å². The van der Waals surface area contributed by atoms with Crippen LogP contribution in [-0.4, -0.2) is 35.8 Å². The van der Waals surface area contributed by atoms with Gasteiger partial charge in [-0.05, 0) is 62.9 Å². The zero-order chi connectivity index (χ0) is 20.9. The molecule has 0 heterocycles. The van der Waals surface area contributed by atoms with E-state index in [0.717, 1.165) is 0 Å². The first-order valence-electron chi connectivity index (χ1n) is 8.56. The van der Waals surface area contributed by atoms with Gasteiger partial charge in [-0.1, -0.05) is 13.0 Å². The lowest BCUT2D eigenvalue weighted by Gasteiger charge is -2.13. The van der Waals surface area contributed by atoms with Crippen molar-refractivity contribution in [2.45, 2.75) is 36.1 Å². The first-order valence-corrected chi connectivity index (χ1v) is 11.5. The Morgan fingerprint density at radius 1 is 0.964 bits per heavy atom. The van der Waals surface area contributed by atoms with E-state index in [-0.39, 0.29) is 21.4 Å². The molecule has 0 unspecified atom stereocenters. The van der Waals surface area contributed by atoms with Crippen LogP contribution in [0.25, 0.3) is 0 Å². The third-order valence-corrected chi connectivity index (χ3v) is 7.08. The largest absolute Gasteiger partial charge is 0.322 e. The molecule has 0 saturated heterocycles. The normalized spacial score (nSPS) is 13.1. The minimum atomic E-state index is -3.73. The van der Waals surface area contributed by atoms with Gasteiger partial charge in [0.25, 0.3) is 5.91 Å². The molecule has 152 valence electrons. The van der Waals surface area contributed by atoms with Gasteiger partial charge in [-0.2, -0.15) is 0 Å². The fraction of sp³-hybridized carbons (Fsp3) is 0.278. The average molecular weight is 426 g/mol. The predicted molar refractivity (Wildman–Crippen MR) is 107 cm³/mol. The van der Waals surface area contributed by atoms with Gasteiger partial charge in [-0.15, -0.1) is 0 Å². The maximum Gasteiger partial charge on any atom is 0.255 e. The Kier molecular flexibility index (Phi) is 6.94. The number of carbonyl (C=O) groups is 1. The Hall–Kier alpha value is -2.27. The second kappa shape index (κ2) is 8.82. The number of sulfonamides is 2. The zero-order valence-electron chi connectivity index (χ0n) is 15.8. The van der Waals surface area contributed by atoms with Gasteiger partial charge < -0.3 is 5.32 Å². The topological polar surface area (TPSA) is 121 Å². The molecule has 0 aliphatic heterocycles. The lowest BCUT2D eigenvalue weighted by atomic mass is 10.2. The number of hydrogen-bond acceptors (Lipinski definition) is 5. The number of benzene rings is 2. The molecule has 28 heavy (non-hydrogen) atoms. The Labute approximate surface area is 165 Å². The van der Waals surface area contributed by atoms with E-state index < -0.39 is 26.0 Å². The van der Waals surface area contributed by atoms with Gasteiger partial charge in [0.05, 0.1) is 9.79 Å². The highest BCUT2D eigenvalue weighted by Gasteiger charge is 2.18. The van der Waals surface area contributed by atoms with E-state index in [1.807, 2.05) is 6.92 Å². The molecule has 8 nitrogen and oxygen atoms in total. The summed E-state index contributed by atoms with van der Waals surface area (Å²) in [6.45, 7) is 3.62. The van der Waals surface area contributed by atoms with Crippen LogP contribution in [0.15, 0.2) is 58.3 Å². The van der Waals surface area contributed by atoms with Crippen molar-refractivity contribution in [1.29, 1.82) is 0 Å². The van der Waals surface area contributed by atoms with E-state index in [1.165, 1.54) is 55.6 Å². The molecule has 10 heteroatoms. The Morgan fingerprint density at radius 2 is 1.61 bits per heavy atom. The van der Waals surface area contributed by atoms with Gasteiger partial charge in [0, 0.05) is 17.3 Å². The molecule has 1 atom stereocenters. The lowest BCUT2D eigenvalue weighted by molar-refractivity contribution is 0.102. The van der Waals surface area contributed by atoms with E-state index in [9.17, 15) is 21.6 Å². The summed E-state index contributed by atoms with van der Waals surface area (Å²) in [7, 11) is -5.99. The summed E-state index contributed by atoms with van der Waals surface area (Å²) in [6.07, 6.45) is 0.638. The first kappa shape index (κ1) is 22.0. The predicted octanol–water partition coefficient (Wildman–Crippen LogP) is 1.92. The number of amides is 1. The summed E-state index contributed by atoms with van der Waals surface area (Å²) >= 11 is 0. The summed E-state index contributed by atoms with van der Waals surface area (Å²) in [5, 5.41) is 2.62. The maximum absolute atomic E-state index is 12.5. The molecule has 0 aliphatic carbocycles. The molecule has 2 aromatic carbocycles. The molecule has 0 aliphatic rings. The number of nitrogens with one attached hydrogen (secondary N) is 3. The number of anilines is 1. The van der Waals surface area contributed by atoms with Crippen molar-refractivity contribution in [2.75, 3.05) is 12.4 Å². The lowest BCUT2D eigenvalue weighted by Crippen LogP contribution is -2.32. The summed E-state index contributed by atoms with van der Waals surface area (Å²) < 4.78 is 53.0. The summed E-state index contributed by atoms with van der Waals surface area (Å²) in [4.78, 5) is 12.5. The van der Waals surface area contributed by atoms with Crippen LogP contribution in [0.4, 0.5) is 5.69 Å². The standard InChI is InChI=1S/C18H23N3O5S2/c1-4-13(2)21-28(25,26)17-7-5-6-14(12-17)18(22)20-15-8-10-16(11-9-15)27(23,24)19-3/h5-13,19,21H,4H2,1-3H3,(H,20,22)/t13-/m1/s1. The summed E-state index contributed by atoms with van der Waals surface area (Å²) in [5.41, 5.74) is 0.546. The van der Waals surface area contributed by atoms with Crippen molar-refractivity contribution >= 4 is 31.6 Å². The van der Waals surface area contributed by atoms with Gasteiger partial charge in [0.1, 0.15) is 0 Å². The molecular weight excluding hydrogens is 402 g/mol. The summed E-state index contributed by atoms with van der Waals surface area (Å²) in [5.74, 6) is -0.509. The van der Waals surface area contributed by atoms with Crippen molar-refractivity contribution < 1.29 is 21.6 Å². The maximum atomic E-state index is 12.5. The van der Waals surface area contributed by atoms with Crippen molar-refractivity contribution in [3.05, 3.63) is 54.1 Å². The molecule has 2 aromatic rings. The highest BCUT2D eigenvalue weighted by Crippen LogP contribution is 2.17. The van der Waals surface area contributed by atoms with Crippen molar-refractivity contribution in [2.24, 2.45) is 0 Å². The van der Waals surface area contributed by atoms with Crippen LogP contribution >= 0.6 is 0 Å². The van der Waals surface area contributed by atoms with Gasteiger partial charge in [-0.25, -0.2) is 26.3 Å².